The summed E-state index contributed by atoms with van der Waals surface area (Å²) in [5, 5.41) is 4.08. The number of carbonyl (C=O) groups excluding carboxylic acids is 2. The SMILES string of the molecule is C/C(CC(=O)N1CCCC1)=N\NC(=O)C1CCCCC1. The smallest absolute Gasteiger partial charge is 0.243 e. The first-order valence-corrected chi connectivity index (χ1v) is 7.77. The van der Waals surface area contributed by atoms with Crippen LogP contribution < -0.4 is 5.43 Å². The molecule has 112 valence electrons. The van der Waals surface area contributed by atoms with Crippen molar-refractivity contribution in [2.24, 2.45) is 11.0 Å². The fourth-order valence-corrected chi connectivity index (χ4v) is 2.94. The Morgan fingerprint density at radius 3 is 2.40 bits per heavy atom. The van der Waals surface area contributed by atoms with E-state index in [0.717, 1.165) is 51.6 Å². The minimum Gasteiger partial charge on any atom is -0.342 e. The van der Waals surface area contributed by atoms with E-state index in [-0.39, 0.29) is 17.7 Å². The van der Waals surface area contributed by atoms with Gasteiger partial charge in [0.05, 0.1) is 6.42 Å². The van der Waals surface area contributed by atoms with Crippen molar-refractivity contribution >= 4 is 17.5 Å². The van der Waals surface area contributed by atoms with Crippen LogP contribution in [-0.4, -0.2) is 35.5 Å². The standard InChI is InChI=1S/C15H25N3O2/c1-12(11-14(19)18-9-5-6-10-18)16-17-15(20)13-7-3-2-4-8-13/h13H,2-11H2,1H3,(H,17,20)/b16-12+. The van der Waals surface area contributed by atoms with Gasteiger partial charge in [-0.2, -0.15) is 5.10 Å². The molecular weight excluding hydrogens is 254 g/mol. The van der Waals surface area contributed by atoms with Gasteiger partial charge in [0.1, 0.15) is 0 Å². The number of amides is 2. The van der Waals surface area contributed by atoms with Gasteiger partial charge in [-0.15, -0.1) is 0 Å². The summed E-state index contributed by atoms with van der Waals surface area (Å²) in [5.74, 6) is 0.239. The van der Waals surface area contributed by atoms with Gasteiger partial charge in [0, 0.05) is 24.7 Å². The van der Waals surface area contributed by atoms with E-state index in [2.05, 4.69) is 10.5 Å². The lowest BCUT2D eigenvalue weighted by atomic mass is 9.89. The van der Waals surface area contributed by atoms with Gasteiger partial charge in [-0.25, -0.2) is 5.43 Å². The van der Waals surface area contributed by atoms with Gasteiger partial charge < -0.3 is 4.90 Å². The maximum absolute atomic E-state index is 11.9. The lowest BCUT2D eigenvalue weighted by Gasteiger charge is -2.19. The Hall–Kier alpha value is -1.39. The van der Waals surface area contributed by atoms with Crippen molar-refractivity contribution in [3.8, 4) is 0 Å². The third-order valence-corrected chi connectivity index (χ3v) is 4.20. The van der Waals surface area contributed by atoms with Crippen molar-refractivity contribution < 1.29 is 9.59 Å². The molecule has 0 bridgehead atoms. The van der Waals surface area contributed by atoms with E-state index in [9.17, 15) is 9.59 Å². The summed E-state index contributed by atoms with van der Waals surface area (Å²) in [6, 6.07) is 0. The Morgan fingerprint density at radius 2 is 1.75 bits per heavy atom. The van der Waals surface area contributed by atoms with Crippen molar-refractivity contribution in [2.45, 2.75) is 58.3 Å². The molecule has 1 heterocycles. The second kappa shape index (κ2) is 7.41. The Morgan fingerprint density at radius 1 is 1.10 bits per heavy atom. The molecule has 1 saturated heterocycles. The minimum atomic E-state index is 0.0117. The summed E-state index contributed by atoms with van der Waals surface area (Å²) in [7, 11) is 0. The van der Waals surface area contributed by atoms with Crippen molar-refractivity contribution in [1.29, 1.82) is 0 Å². The molecule has 2 fully saturated rings. The monoisotopic (exact) mass is 279 g/mol. The van der Waals surface area contributed by atoms with E-state index in [1.807, 2.05) is 4.90 Å². The molecule has 0 spiro atoms. The average molecular weight is 279 g/mol. The molecule has 0 atom stereocenters. The van der Waals surface area contributed by atoms with Gasteiger partial charge in [0.25, 0.3) is 0 Å². The van der Waals surface area contributed by atoms with Crippen LogP contribution in [0, 0.1) is 5.92 Å². The Kier molecular flexibility index (Phi) is 5.56. The molecule has 0 radical (unpaired) electrons. The molecule has 1 aliphatic carbocycles. The zero-order valence-corrected chi connectivity index (χ0v) is 12.4. The molecule has 1 saturated carbocycles. The third-order valence-electron chi connectivity index (χ3n) is 4.20. The van der Waals surface area contributed by atoms with Crippen LogP contribution in [0.3, 0.4) is 0 Å². The molecule has 1 aliphatic heterocycles. The normalized spacial score (nSPS) is 21.1. The number of nitrogens with one attached hydrogen (secondary N) is 1. The van der Waals surface area contributed by atoms with Gasteiger partial charge in [-0.3, -0.25) is 9.59 Å². The van der Waals surface area contributed by atoms with Crippen LogP contribution in [0.5, 0.6) is 0 Å². The molecule has 0 aromatic carbocycles. The number of hydrogen-bond donors (Lipinski definition) is 1. The molecule has 0 aromatic heterocycles. The largest absolute Gasteiger partial charge is 0.342 e. The van der Waals surface area contributed by atoms with Crippen LogP contribution >= 0.6 is 0 Å². The van der Waals surface area contributed by atoms with Gasteiger partial charge in [0.2, 0.25) is 11.8 Å². The van der Waals surface area contributed by atoms with Gasteiger partial charge in [-0.1, -0.05) is 19.3 Å². The minimum absolute atomic E-state index is 0.0117. The van der Waals surface area contributed by atoms with Crippen LogP contribution in [0.2, 0.25) is 0 Å². The highest BCUT2D eigenvalue weighted by molar-refractivity contribution is 6.00. The number of hydrazone groups is 1. The molecule has 5 heteroatoms. The van der Waals surface area contributed by atoms with Crippen LogP contribution in [0.1, 0.15) is 58.3 Å². The molecule has 0 aromatic rings. The Balaban J connectivity index is 1.74. The molecule has 1 N–H and O–H groups in total. The summed E-state index contributed by atoms with van der Waals surface area (Å²) in [6.45, 7) is 3.52. The highest BCUT2D eigenvalue weighted by Gasteiger charge is 2.21. The zero-order valence-electron chi connectivity index (χ0n) is 12.4. The van der Waals surface area contributed by atoms with E-state index in [1.165, 1.54) is 6.42 Å². The topological polar surface area (TPSA) is 61.8 Å². The number of hydrogen-bond acceptors (Lipinski definition) is 3. The summed E-state index contributed by atoms with van der Waals surface area (Å²) < 4.78 is 0. The van der Waals surface area contributed by atoms with Crippen LogP contribution in [0.25, 0.3) is 0 Å². The van der Waals surface area contributed by atoms with E-state index >= 15 is 0 Å². The van der Waals surface area contributed by atoms with Crippen molar-refractivity contribution in [3.63, 3.8) is 0 Å². The van der Waals surface area contributed by atoms with E-state index in [0.29, 0.717) is 12.1 Å². The molecule has 2 amide bonds. The van der Waals surface area contributed by atoms with Crippen molar-refractivity contribution in [3.05, 3.63) is 0 Å². The molecular formula is C15H25N3O2. The summed E-state index contributed by atoms with van der Waals surface area (Å²) >= 11 is 0. The lowest BCUT2D eigenvalue weighted by molar-refractivity contribution is -0.129. The predicted octanol–water partition coefficient (Wildman–Crippen LogP) is 2.07. The molecule has 0 unspecified atom stereocenters. The van der Waals surface area contributed by atoms with E-state index in [1.54, 1.807) is 6.92 Å². The van der Waals surface area contributed by atoms with Crippen LogP contribution in [-0.2, 0) is 9.59 Å². The van der Waals surface area contributed by atoms with Crippen LogP contribution in [0.4, 0.5) is 0 Å². The molecule has 2 aliphatic rings. The number of rotatable bonds is 4. The van der Waals surface area contributed by atoms with E-state index < -0.39 is 0 Å². The fourth-order valence-electron chi connectivity index (χ4n) is 2.94. The van der Waals surface area contributed by atoms with Gasteiger partial charge >= 0.3 is 0 Å². The first kappa shape index (κ1) is 15.0. The van der Waals surface area contributed by atoms with Crippen LogP contribution in [0.15, 0.2) is 5.10 Å². The second-order valence-electron chi connectivity index (χ2n) is 5.92. The summed E-state index contributed by atoms with van der Waals surface area (Å²) in [6.07, 6.45) is 7.94. The summed E-state index contributed by atoms with van der Waals surface area (Å²) in [4.78, 5) is 25.7. The quantitative estimate of drug-likeness (QED) is 0.632. The third kappa shape index (κ3) is 4.32. The lowest BCUT2D eigenvalue weighted by Crippen LogP contribution is -2.31. The van der Waals surface area contributed by atoms with Crippen molar-refractivity contribution in [2.75, 3.05) is 13.1 Å². The zero-order chi connectivity index (χ0) is 14.4. The second-order valence-corrected chi connectivity index (χ2v) is 5.92. The molecule has 20 heavy (non-hydrogen) atoms. The fraction of sp³-hybridized carbons (Fsp3) is 0.800. The number of nitrogens with zero attached hydrogens (tertiary/aromatic N) is 2. The maximum Gasteiger partial charge on any atom is 0.243 e. The molecule has 5 nitrogen and oxygen atoms in total. The van der Waals surface area contributed by atoms with Crippen molar-refractivity contribution in [1.82, 2.24) is 10.3 Å². The number of likely N-dealkylation sites (tertiary alicyclic amines) is 1. The maximum atomic E-state index is 11.9. The Labute approximate surface area is 120 Å². The molecule has 2 rings (SSSR count). The number of carbonyl (C=O) groups is 2. The van der Waals surface area contributed by atoms with E-state index in [4.69, 9.17) is 0 Å². The predicted molar refractivity (Wildman–Crippen MR) is 78.3 cm³/mol. The average Bonchev–Trinajstić information content (AvgIpc) is 3.00. The van der Waals surface area contributed by atoms with Gasteiger partial charge in [-0.05, 0) is 32.6 Å². The van der Waals surface area contributed by atoms with Gasteiger partial charge in [0.15, 0.2) is 0 Å². The first-order chi connectivity index (χ1) is 9.66. The Bertz CT molecular complexity index is 381. The first-order valence-electron chi connectivity index (χ1n) is 7.77. The highest BCUT2D eigenvalue weighted by atomic mass is 16.2. The summed E-state index contributed by atoms with van der Waals surface area (Å²) in [5.41, 5.74) is 3.31. The highest BCUT2D eigenvalue weighted by Crippen LogP contribution is 2.23.